The maximum atomic E-state index is 5.19. The van der Waals surface area contributed by atoms with Crippen molar-refractivity contribution < 1.29 is 4.74 Å². The quantitative estimate of drug-likeness (QED) is 0.808. The molecule has 4 heteroatoms. The van der Waals surface area contributed by atoms with Crippen LogP contribution < -0.4 is 10.1 Å². The zero-order valence-electron chi connectivity index (χ0n) is 9.29. The second-order valence-electron chi connectivity index (χ2n) is 4.15. The second kappa shape index (κ2) is 3.79. The van der Waals surface area contributed by atoms with Crippen molar-refractivity contribution in [1.82, 2.24) is 15.3 Å². The molecule has 0 aliphatic carbocycles. The van der Waals surface area contributed by atoms with E-state index in [1.54, 1.807) is 7.11 Å². The molecule has 84 valence electrons. The number of fused-ring (bicyclic) bond motifs is 1. The maximum absolute atomic E-state index is 5.19. The summed E-state index contributed by atoms with van der Waals surface area (Å²) in [5, 5.41) is 3.44. The molecule has 1 atom stereocenters. The first kappa shape index (κ1) is 9.66. The summed E-state index contributed by atoms with van der Waals surface area (Å²) in [5.74, 6) is 1.91. The fourth-order valence-electron chi connectivity index (χ4n) is 2.22. The van der Waals surface area contributed by atoms with Crippen LogP contribution in [0.25, 0.3) is 11.0 Å². The summed E-state index contributed by atoms with van der Waals surface area (Å²) in [6, 6.07) is 6.30. The van der Waals surface area contributed by atoms with Crippen molar-refractivity contribution >= 4 is 11.0 Å². The minimum Gasteiger partial charge on any atom is -0.497 e. The minimum atomic E-state index is 0.387. The number of aromatic amines is 1. The lowest BCUT2D eigenvalue weighted by atomic mass is 10.2. The largest absolute Gasteiger partial charge is 0.497 e. The monoisotopic (exact) mass is 217 g/mol. The summed E-state index contributed by atoms with van der Waals surface area (Å²) >= 11 is 0. The van der Waals surface area contributed by atoms with E-state index in [9.17, 15) is 0 Å². The molecular weight excluding hydrogens is 202 g/mol. The Labute approximate surface area is 94.0 Å². The van der Waals surface area contributed by atoms with Gasteiger partial charge in [0.05, 0.1) is 24.2 Å². The first-order chi connectivity index (χ1) is 7.86. The Balaban J connectivity index is 2.01. The number of methoxy groups -OCH3 is 1. The van der Waals surface area contributed by atoms with E-state index in [1.165, 1.54) is 6.42 Å². The maximum Gasteiger partial charge on any atom is 0.124 e. The molecule has 1 fully saturated rings. The number of hydrogen-bond donors (Lipinski definition) is 2. The summed E-state index contributed by atoms with van der Waals surface area (Å²) in [6.07, 6.45) is 2.39. The Bertz CT molecular complexity index is 500. The van der Waals surface area contributed by atoms with E-state index in [0.29, 0.717) is 6.04 Å². The van der Waals surface area contributed by atoms with Crippen LogP contribution in [0.2, 0.25) is 0 Å². The van der Waals surface area contributed by atoms with Gasteiger partial charge in [0.15, 0.2) is 0 Å². The van der Waals surface area contributed by atoms with Gasteiger partial charge in [0.1, 0.15) is 11.6 Å². The van der Waals surface area contributed by atoms with Crippen molar-refractivity contribution in [3.63, 3.8) is 0 Å². The van der Waals surface area contributed by atoms with Gasteiger partial charge in [-0.2, -0.15) is 0 Å². The second-order valence-corrected chi connectivity index (χ2v) is 4.15. The molecule has 1 aliphatic rings. The highest BCUT2D eigenvalue weighted by Crippen LogP contribution is 2.25. The topological polar surface area (TPSA) is 49.9 Å². The molecule has 2 aromatic rings. The van der Waals surface area contributed by atoms with Gasteiger partial charge in [-0.3, -0.25) is 0 Å². The predicted octanol–water partition coefficient (Wildman–Crippen LogP) is 2.00. The molecule has 1 aliphatic heterocycles. The van der Waals surface area contributed by atoms with Crippen LogP contribution in [0, 0.1) is 0 Å². The van der Waals surface area contributed by atoms with Crippen molar-refractivity contribution in [2.75, 3.05) is 13.7 Å². The standard InChI is InChI=1S/C12H15N3O/c1-16-8-4-5-9-11(7-8)15-12(14-9)10-3-2-6-13-10/h4-5,7,10,13H,2-3,6H2,1H3,(H,14,15)/t10-/m1/s1. The summed E-state index contributed by atoms with van der Waals surface area (Å²) in [7, 11) is 1.68. The highest BCUT2D eigenvalue weighted by Gasteiger charge is 2.19. The molecule has 2 N–H and O–H groups in total. The van der Waals surface area contributed by atoms with E-state index in [-0.39, 0.29) is 0 Å². The van der Waals surface area contributed by atoms with E-state index in [4.69, 9.17) is 4.74 Å². The number of nitrogens with zero attached hydrogens (tertiary/aromatic N) is 1. The van der Waals surface area contributed by atoms with Gasteiger partial charge in [0.25, 0.3) is 0 Å². The van der Waals surface area contributed by atoms with Crippen LogP contribution >= 0.6 is 0 Å². The molecule has 0 bridgehead atoms. The van der Waals surface area contributed by atoms with Crippen molar-refractivity contribution in [1.29, 1.82) is 0 Å². The van der Waals surface area contributed by atoms with E-state index in [2.05, 4.69) is 15.3 Å². The third kappa shape index (κ3) is 1.55. The van der Waals surface area contributed by atoms with Gasteiger partial charge in [0, 0.05) is 6.07 Å². The van der Waals surface area contributed by atoms with Crippen LogP contribution in [0.4, 0.5) is 0 Å². The average molecular weight is 217 g/mol. The van der Waals surface area contributed by atoms with Gasteiger partial charge >= 0.3 is 0 Å². The zero-order valence-corrected chi connectivity index (χ0v) is 9.29. The Kier molecular flexibility index (Phi) is 2.29. The molecule has 2 heterocycles. The molecular formula is C12H15N3O. The minimum absolute atomic E-state index is 0.387. The number of nitrogens with one attached hydrogen (secondary N) is 2. The van der Waals surface area contributed by atoms with E-state index < -0.39 is 0 Å². The van der Waals surface area contributed by atoms with Gasteiger partial charge in [-0.25, -0.2) is 4.98 Å². The summed E-state index contributed by atoms with van der Waals surface area (Å²) in [5.41, 5.74) is 2.05. The van der Waals surface area contributed by atoms with Crippen molar-refractivity contribution in [3.05, 3.63) is 24.0 Å². The van der Waals surface area contributed by atoms with Gasteiger partial charge in [-0.05, 0) is 31.5 Å². The molecule has 16 heavy (non-hydrogen) atoms. The summed E-state index contributed by atoms with van der Waals surface area (Å²) < 4.78 is 5.19. The molecule has 1 saturated heterocycles. The first-order valence-corrected chi connectivity index (χ1v) is 5.64. The van der Waals surface area contributed by atoms with E-state index >= 15 is 0 Å². The number of rotatable bonds is 2. The lowest BCUT2D eigenvalue weighted by Crippen LogP contribution is -2.13. The highest BCUT2D eigenvalue weighted by molar-refractivity contribution is 5.76. The summed E-state index contributed by atoms with van der Waals surface area (Å²) in [4.78, 5) is 7.96. The van der Waals surface area contributed by atoms with Gasteiger partial charge < -0.3 is 15.0 Å². The lowest BCUT2D eigenvalue weighted by Gasteiger charge is -2.04. The van der Waals surface area contributed by atoms with Crippen LogP contribution in [-0.2, 0) is 0 Å². The number of hydrogen-bond acceptors (Lipinski definition) is 3. The molecule has 0 amide bonds. The fourth-order valence-corrected chi connectivity index (χ4v) is 2.22. The van der Waals surface area contributed by atoms with Crippen LogP contribution in [0.15, 0.2) is 18.2 Å². The van der Waals surface area contributed by atoms with E-state index in [0.717, 1.165) is 35.6 Å². The molecule has 0 unspecified atom stereocenters. The summed E-state index contributed by atoms with van der Waals surface area (Å²) in [6.45, 7) is 1.09. The van der Waals surface area contributed by atoms with Crippen LogP contribution in [0.3, 0.4) is 0 Å². The lowest BCUT2D eigenvalue weighted by molar-refractivity contribution is 0.415. The molecule has 1 aromatic carbocycles. The van der Waals surface area contributed by atoms with Crippen molar-refractivity contribution in [2.24, 2.45) is 0 Å². The van der Waals surface area contributed by atoms with Crippen molar-refractivity contribution in [3.8, 4) is 5.75 Å². The molecule has 0 radical (unpaired) electrons. The van der Waals surface area contributed by atoms with E-state index in [1.807, 2.05) is 18.2 Å². The Morgan fingerprint density at radius 1 is 1.44 bits per heavy atom. The third-order valence-corrected chi connectivity index (χ3v) is 3.10. The molecule has 4 nitrogen and oxygen atoms in total. The van der Waals surface area contributed by atoms with Gasteiger partial charge in [-0.1, -0.05) is 0 Å². The molecule has 0 spiro atoms. The number of ether oxygens (including phenoxy) is 1. The SMILES string of the molecule is COc1ccc2nc([C@H]3CCCN3)[nH]c2c1. The predicted molar refractivity (Wildman–Crippen MR) is 62.6 cm³/mol. The van der Waals surface area contributed by atoms with Crippen LogP contribution in [-0.4, -0.2) is 23.6 Å². The molecule has 3 rings (SSSR count). The first-order valence-electron chi connectivity index (χ1n) is 5.64. The Morgan fingerprint density at radius 2 is 2.38 bits per heavy atom. The Hall–Kier alpha value is -1.55. The van der Waals surface area contributed by atoms with Gasteiger partial charge in [-0.15, -0.1) is 0 Å². The molecule has 0 saturated carbocycles. The number of benzene rings is 1. The Morgan fingerprint density at radius 3 is 3.12 bits per heavy atom. The highest BCUT2D eigenvalue weighted by atomic mass is 16.5. The third-order valence-electron chi connectivity index (χ3n) is 3.10. The van der Waals surface area contributed by atoms with Crippen LogP contribution in [0.5, 0.6) is 5.75 Å². The number of imidazole rings is 1. The normalized spacial score (nSPS) is 20.4. The smallest absolute Gasteiger partial charge is 0.124 e. The zero-order chi connectivity index (χ0) is 11.0. The number of aromatic nitrogens is 2. The number of H-pyrrole nitrogens is 1. The van der Waals surface area contributed by atoms with Crippen molar-refractivity contribution in [2.45, 2.75) is 18.9 Å². The van der Waals surface area contributed by atoms with Gasteiger partial charge in [0.2, 0.25) is 0 Å². The fraction of sp³-hybridized carbons (Fsp3) is 0.417. The molecule has 1 aromatic heterocycles. The van der Waals surface area contributed by atoms with Crippen LogP contribution in [0.1, 0.15) is 24.7 Å². The average Bonchev–Trinajstić information content (AvgIpc) is 2.96.